The molecule has 160 valence electrons. The third-order valence-electron chi connectivity index (χ3n) is 5.09. The minimum atomic E-state index is -1.10. The van der Waals surface area contributed by atoms with Crippen molar-refractivity contribution in [3.05, 3.63) is 98.9 Å². The average Bonchev–Trinajstić information content (AvgIpc) is 2.71. The molecular formula is C25H24ClNO4. The Morgan fingerprint density at radius 2 is 1.74 bits per heavy atom. The molecule has 2 N–H and O–H groups in total. The van der Waals surface area contributed by atoms with Gasteiger partial charge in [-0.25, -0.2) is 9.59 Å². The number of aryl methyl sites for hydroxylation is 1. The van der Waals surface area contributed by atoms with Crippen LogP contribution in [0.5, 0.6) is 0 Å². The number of dihydropyridines is 1. The van der Waals surface area contributed by atoms with Crippen molar-refractivity contribution in [2.45, 2.75) is 26.7 Å². The third kappa shape index (κ3) is 5.25. The zero-order valence-corrected chi connectivity index (χ0v) is 18.4. The van der Waals surface area contributed by atoms with Crippen molar-refractivity contribution in [1.29, 1.82) is 0 Å². The topological polar surface area (TPSA) is 75.6 Å². The highest BCUT2D eigenvalue weighted by atomic mass is 35.5. The van der Waals surface area contributed by atoms with Gasteiger partial charge in [-0.2, -0.15) is 0 Å². The number of carboxylic acid groups (broad SMARTS) is 1. The van der Waals surface area contributed by atoms with Gasteiger partial charge in [-0.1, -0.05) is 59.6 Å². The number of benzene rings is 2. The number of halogens is 1. The van der Waals surface area contributed by atoms with Gasteiger partial charge in [0.25, 0.3) is 0 Å². The van der Waals surface area contributed by atoms with E-state index >= 15 is 0 Å². The first-order valence-corrected chi connectivity index (χ1v) is 10.2. The first-order valence-electron chi connectivity index (χ1n) is 9.85. The van der Waals surface area contributed by atoms with E-state index < -0.39 is 17.9 Å². The maximum atomic E-state index is 13.0. The number of hydrogen-bond acceptors (Lipinski definition) is 4. The Balaban J connectivity index is 1.85. The number of carboxylic acids is 1. The normalized spacial score (nSPS) is 16.5. The van der Waals surface area contributed by atoms with Gasteiger partial charge in [0.2, 0.25) is 0 Å². The van der Waals surface area contributed by atoms with Crippen LogP contribution >= 0.6 is 11.6 Å². The second-order valence-electron chi connectivity index (χ2n) is 7.41. The van der Waals surface area contributed by atoms with Crippen LogP contribution in [0, 0.1) is 6.92 Å². The van der Waals surface area contributed by atoms with Gasteiger partial charge in [-0.3, -0.25) is 0 Å². The van der Waals surface area contributed by atoms with Crippen molar-refractivity contribution in [3.63, 3.8) is 0 Å². The summed E-state index contributed by atoms with van der Waals surface area (Å²) >= 11 is 6.14. The summed E-state index contributed by atoms with van der Waals surface area (Å²) in [7, 11) is 0. The third-order valence-corrected chi connectivity index (χ3v) is 5.33. The first kappa shape index (κ1) is 22.4. The molecule has 0 aromatic heterocycles. The molecule has 0 radical (unpaired) electrons. The summed E-state index contributed by atoms with van der Waals surface area (Å²) in [6.45, 7) is 5.49. The van der Waals surface area contributed by atoms with Crippen LogP contribution in [0.15, 0.2) is 77.1 Å². The molecule has 1 aliphatic rings. The molecule has 1 aliphatic heterocycles. The zero-order valence-electron chi connectivity index (χ0n) is 17.6. The van der Waals surface area contributed by atoms with E-state index in [0.717, 1.165) is 5.56 Å². The maximum absolute atomic E-state index is 13.0. The number of aliphatic carboxylic acids is 1. The van der Waals surface area contributed by atoms with Crippen LogP contribution < -0.4 is 5.32 Å². The van der Waals surface area contributed by atoms with Gasteiger partial charge in [0.15, 0.2) is 0 Å². The highest BCUT2D eigenvalue weighted by molar-refractivity contribution is 6.30. The second-order valence-corrected chi connectivity index (χ2v) is 7.84. The summed E-state index contributed by atoms with van der Waals surface area (Å²) in [4.78, 5) is 25.0. The second kappa shape index (κ2) is 9.67. The lowest BCUT2D eigenvalue weighted by Gasteiger charge is -2.29. The highest BCUT2D eigenvalue weighted by Crippen LogP contribution is 2.39. The van der Waals surface area contributed by atoms with E-state index in [2.05, 4.69) is 5.32 Å². The Morgan fingerprint density at radius 3 is 2.39 bits per heavy atom. The van der Waals surface area contributed by atoms with Gasteiger partial charge < -0.3 is 15.2 Å². The molecule has 3 rings (SSSR count). The molecule has 31 heavy (non-hydrogen) atoms. The maximum Gasteiger partial charge on any atom is 0.337 e. The summed E-state index contributed by atoms with van der Waals surface area (Å²) in [5.74, 6) is -2.46. The van der Waals surface area contributed by atoms with Crippen LogP contribution in [-0.4, -0.2) is 23.7 Å². The number of carbonyl (C=O) groups excluding carboxylic acids is 1. The first-order chi connectivity index (χ1) is 14.8. The van der Waals surface area contributed by atoms with Gasteiger partial charge in [-0.05, 0) is 50.1 Å². The summed E-state index contributed by atoms with van der Waals surface area (Å²) in [6.07, 6.45) is 3.62. The predicted octanol–water partition coefficient (Wildman–Crippen LogP) is 5.22. The van der Waals surface area contributed by atoms with Crippen molar-refractivity contribution in [2.75, 3.05) is 6.61 Å². The monoisotopic (exact) mass is 437 g/mol. The van der Waals surface area contributed by atoms with E-state index in [1.165, 1.54) is 5.56 Å². The number of rotatable bonds is 6. The van der Waals surface area contributed by atoms with Gasteiger partial charge in [0, 0.05) is 16.4 Å². The van der Waals surface area contributed by atoms with Crippen molar-refractivity contribution < 1.29 is 19.4 Å². The summed E-state index contributed by atoms with van der Waals surface area (Å²) in [5, 5.41) is 13.3. The molecule has 1 atom stereocenters. The van der Waals surface area contributed by atoms with Crippen LogP contribution in [0.2, 0.25) is 5.02 Å². The highest BCUT2D eigenvalue weighted by Gasteiger charge is 2.37. The standard InChI is InChI=1S/C25H24ClNO4/c1-15-9-11-18(12-10-15)6-5-13-31-25(30)22-17(3)27-16(2)21(24(28)29)23(22)19-7-4-8-20(26)14-19/h4-12,14,23,27H,13H2,1-3H3,(H,28,29)/b6-5+. The lowest BCUT2D eigenvalue weighted by Crippen LogP contribution is -2.31. The smallest absolute Gasteiger partial charge is 0.337 e. The Labute approximate surface area is 186 Å². The minimum absolute atomic E-state index is 0.0663. The molecule has 2 aromatic rings. The van der Waals surface area contributed by atoms with Gasteiger partial charge >= 0.3 is 11.9 Å². The van der Waals surface area contributed by atoms with E-state index in [1.54, 1.807) is 44.2 Å². The summed E-state index contributed by atoms with van der Waals surface area (Å²) in [6, 6.07) is 14.8. The molecule has 1 heterocycles. The molecule has 0 aliphatic carbocycles. The van der Waals surface area contributed by atoms with E-state index in [-0.39, 0.29) is 17.8 Å². The van der Waals surface area contributed by atoms with E-state index in [9.17, 15) is 14.7 Å². The van der Waals surface area contributed by atoms with Crippen molar-refractivity contribution in [2.24, 2.45) is 0 Å². The van der Waals surface area contributed by atoms with Crippen molar-refractivity contribution in [3.8, 4) is 0 Å². The fourth-order valence-corrected chi connectivity index (χ4v) is 3.83. The number of carbonyl (C=O) groups is 2. The zero-order chi connectivity index (χ0) is 22.5. The lowest BCUT2D eigenvalue weighted by atomic mass is 9.80. The Bertz CT molecular complexity index is 1100. The molecule has 6 heteroatoms. The Kier molecular flexibility index (Phi) is 6.98. The van der Waals surface area contributed by atoms with E-state index in [1.807, 2.05) is 37.3 Å². The summed E-state index contributed by atoms with van der Waals surface area (Å²) < 4.78 is 5.47. The van der Waals surface area contributed by atoms with Gasteiger partial charge in [0.1, 0.15) is 6.61 Å². The SMILES string of the molecule is CC1=C(C(=O)O)C(c2cccc(Cl)c2)C(C(=O)OC/C=C/c2ccc(C)cc2)=C(C)N1. The lowest BCUT2D eigenvalue weighted by molar-refractivity contribution is -0.138. The number of ether oxygens (including phenoxy) is 1. The van der Waals surface area contributed by atoms with Crippen LogP contribution in [0.1, 0.15) is 36.5 Å². The molecule has 0 amide bonds. The molecule has 0 saturated carbocycles. The molecule has 5 nitrogen and oxygen atoms in total. The fourth-order valence-electron chi connectivity index (χ4n) is 3.63. The molecule has 0 bridgehead atoms. The molecule has 2 aromatic carbocycles. The van der Waals surface area contributed by atoms with Crippen LogP contribution in [0.3, 0.4) is 0 Å². The Hall–Kier alpha value is -3.31. The van der Waals surface area contributed by atoms with Gasteiger partial charge in [0.05, 0.1) is 17.1 Å². The van der Waals surface area contributed by atoms with E-state index in [0.29, 0.717) is 22.0 Å². The molecule has 1 unspecified atom stereocenters. The quantitative estimate of drug-likeness (QED) is 0.605. The minimum Gasteiger partial charge on any atom is -0.478 e. The molecular weight excluding hydrogens is 414 g/mol. The van der Waals surface area contributed by atoms with Crippen LogP contribution in [0.4, 0.5) is 0 Å². The van der Waals surface area contributed by atoms with E-state index in [4.69, 9.17) is 16.3 Å². The Morgan fingerprint density at radius 1 is 1.06 bits per heavy atom. The molecule has 0 saturated heterocycles. The van der Waals surface area contributed by atoms with Crippen LogP contribution in [0.25, 0.3) is 6.08 Å². The van der Waals surface area contributed by atoms with Gasteiger partial charge in [-0.15, -0.1) is 0 Å². The number of esters is 1. The number of hydrogen-bond donors (Lipinski definition) is 2. The fraction of sp³-hybridized carbons (Fsp3) is 0.200. The average molecular weight is 438 g/mol. The summed E-state index contributed by atoms with van der Waals surface area (Å²) in [5.41, 5.74) is 4.17. The predicted molar refractivity (Wildman–Crippen MR) is 122 cm³/mol. The van der Waals surface area contributed by atoms with Crippen molar-refractivity contribution >= 4 is 29.6 Å². The number of nitrogens with one attached hydrogen (secondary N) is 1. The van der Waals surface area contributed by atoms with Crippen LogP contribution in [-0.2, 0) is 14.3 Å². The number of allylic oxidation sites excluding steroid dienone is 2. The molecule has 0 fully saturated rings. The largest absolute Gasteiger partial charge is 0.478 e. The molecule has 0 spiro atoms. The van der Waals surface area contributed by atoms with Crippen molar-refractivity contribution in [1.82, 2.24) is 5.32 Å².